The van der Waals surface area contributed by atoms with Crippen molar-refractivity contribution < 1.29 is 9.53 Å². The molecule has 0 atom stereocenters. The fourth-order valence-electron chi connectivity index (χ4n) is 3.47. The first kappa shape index (κ1) is 18.6. The van der Waals surface area contributed by atoms with Crippen LogP contribution < -0.4 is 15.6 Å². The van der Waals surface area contributed by atoms with Crippen molar-refractivity contribution in [1.29, 1.82) is 0 Å². The lowest BCUT2D eigenvalue weighted by Gasteiger charge is -2.10. The van der Waals surface area contributed by atoms with E-state index < -0.39 is 0 Å². The maximum Gasteiger partial charge on any atom is 0.256 e. The summed E-state index contributed by atoms with van der Waals surface area (Å²) < 4.78 is 7.79. The monoisotopic (exact) mass is 410 g/mol. The van der Waals surface area contributed by atoms with Crippen molar-refractivity contribution in [3.63, 3.8) is 0 Å². The SMILES string of the molecule is O=C(Nc1cccc(OCc2cn3ccccc3n2)c1)c1cc(=O)[nH]c2ccccc12. The summed E-state index contributed by atoms with van der Waals surface area (Å²) in [5.41, 5.74) is 2.83. The van der Waals surface area contributed by atoms with E-state index in [1.165, 1.54) is 6.07 Å². The Hall–Kier alpha value is -4.39. The second kappa shape index (κ2) is 7.79. The van der Waals surface area contributed by atoms with Crippen molar-refractivity contribution in [2.75, 3.05) is 5.32 Å². The van der Waals surface area contributed by atoms with Gasteiger partial charge in [0, 0.05) is 41.1 Å². The van der Waals surface area contributed by atoms with Gasteiger partial charge in [-0.2, -0.15) is 0 Å². The van der Waals surface area contributed by atoms with Crippen LogP contribution in [0.4, 0.5) is 5.69 Å². The number of imidazole rings is 1. The molecule has 0 aliphatic rings. The zero-order valence-electron chi connectivity index (χ0n) is 16.4. The molecule has 152 valence electrons. The van der Waals surface area contributed by atoms with E-state index in [-0.39, 0.29) is 11.5 Å². The molecule has 3 heterocycles. The van der Waals surface area contributed by atoms with Gasteiger partial charge in [-0.1, -0.05) is 30.3 Å². The second-order valence-electron chi connectivity index (χ2n) is 7.06. The van der Waals surface area contributed by atoms with Gasteiger partial charge in [0.25, 0.3) is 5.91 Å². The van der Waals surface area contributed by atoms with Gasteiger partial charge >= 0.3 is 0 Å². The Bertz CT molecular complexity index is 1440. The summed E-state index contributed by atoms with van der Waals surface area (Å²) in [6, 6.07) is 21.4. The number of hydrogen-bond acceptors (Lipinski definition) is 4. The van der Waals surface area contributed by atoms with E-state index in [4.69, 9.17) is 4.74 Å². The van der Waals surface area contributed by atoms with Crippen molar-refractivity contribution in [3.05, 3.63) is 107 Å². The Kier molecular flexibility index (Phi) is 4.68. The fourth-order valence-corrected chi connectivity index (χ4v) is 3.47. The number of hydrogen-bond donors (Lipinski definition) is 2. The van der Waals surface area contributed by atoms with Crippen molar-refractivity contribution in [2.45, 2.75) is 6.61 Å². The lowest BCUT2D eigenvalue weighted by molar-refractivity contribution is 0.102. The Balaban J connectivity index is 1.33. The number of nitrogens with one attached hydrogen (secondary N) is 2. The minimum absolute atomic E-state index is 0.303. The Morgan fingerprint density at radius 2 is 1.90 bits per heavy atom. The number of amides is 1. The standard InChI is InChI=1S/C24H18N4O3/c29-23-13-20(19-8-1-2-9-21(19)27-23)24(30)26-16-6-5-7-18(12-16)31-15-17-14-28-11-4-3-10-22(28)25-17/h1-14H,15H2,(H,26,30)(H,27,29). The number of rotatable bonds is 5. The molecule has 0 bridgehead atoms. The van der Waals surface area contributed by atoms with E-state index in [0.717, 1.165) is 11.3 Å². The summed E-state index contributed by atoms with van der Waals surface area (Å²) in [6.45, 7) is 0.303. The second-order valence-corrected chi connectivity index (χ2v) is 7.06. The fraction of sp³-hybridized carbons (Fsp3) is 0.0417. The van der Waals surface area contributed by atoms with Crippen LogP contribution in [0.25, 0.3) is 16.6 Å². The zero-order chi connectivity index (χ0) is 21.2. The van der Waals surface area contributed by atoms with Gasteiger partial charge in [0.15, 0.2) is 0 Å². The molecule has 7 nitrogen and oxygen atoms in total. The highest BCUT2D eigenvalue weighted by Gasteiger charge is 2.12. The summed E-state index contributed by atoms with van der Waals surface area (Å²) >= 11 is 0. The molecule has 2 N–H and O–H groups in total. The lowest BCUT2D eigenvalue weighted by Crippen LogP contribution is -2.16. The molecule has 0 unspecified atom stereocenters. The number of carbonyl (C=O) groups excluding carboxylic acids is 1. The van der Waals surface area contributed by atoms with E-state index in [1.807, 2.05) is 53.2 Å². The van der Waals surface area contributed by atoms with Gasteiger partial charge in [-0.3, -0.25) is 9.59 Å². The molecule has 3 aromatic heterocycles. The quantitative estimate of drug-likeness (QED) is 0.458. The zero-order valence-corrected chi connectivity index (χ0v) is 16.4. The highest BCUT2D eigenvalue weighted by molar-refractivity contribution is 6.12. The predicted octanol–water partition coefficient (Wildman–Crippen LogP) is 4.01. The molecular weight excluding hydrogens is 392 g/mol. The predicted molar refractivity (Wildman–Crippen MR) is 118 cm³/mol. The van der Waals surface area contributed by atoms with Gasteiger partial charge < -0.3 is 19.4 Å². The number of aromatic amines is 1. The van der Waals surface area contributed by atoms with Crippen molar-refractivity contribution in [3.8, 4) is 5.75 Å². The minimum Gasteiger partial charge on any atom is -0.487 e. The van der Waals surface area contributed by atoms with Crippen LogP contribution >= 0.6 is 0 Å². The van der Waals surface area contributed by atoms with Crippen molar-refractivity contribution in [1.82, 2.24) is 14.4 Å². The number of benzene rings is 2. The molecule has 0 radical (unpaired) electrons. The van der Waals surface area contributed by atoms with E-state index in [1.54, 1.807) is 30.3 Å². The van der Waals surface area contributed by atoms with Gasteiger partial charge in [-0.05, 0) is 30.3 Å². The number of carbonyl (C=O) groups is 1. The highest BCUT2D eigenvalue weighted by atomic mass is 16.5. The Morgan fingerprint density at radius 3 is 2.81 bits per heavy atom. The number of nitrogens with zero attached hydrogens (tertiary/aromatic N) is 2. The van der Waals surface area contributed by atoms with Gasteiger partial charge in [0.05, 0.1) is 11.3 Å². The van der Waals surface area contributed by atoms with Crippen LogP contribution in [0.15, 0.2) is 90.0 Å². The summed E-state index contributed by atoms with van der Waals surface area (Å²) in [7, 11) is 0. The number of pyridine rings is 2. The third-order valence-corrected chi connectivity index (χ3v) is 4.89. The first-order chi connectivity index (χ1) is 15.2. The van der Waals surface area contributed by atoms with Crippen LogP contribution in [-0.4, -0.2) is 20.3 Å². The molecule has 2 aromatic carbocycles. The number of ether oxygens (including phenoxy) is 1. The molecule has 0 saturated heterocycles. The molecule has 0 saturated carbocycles. The number of para-hydroxylation sites is 1. The van der Waals surface area contributed by atoms with Crippen LogP contribution in [0.2, 0.25) is 0 Å². The molecular formula is C24H18N4O3. The van der Waals surface area contributed by atoms with Crippen LogP contribution in [0.3, 0.4) is 0 Å². The van der Waals surface area contributed by atoms with Gasteiger partial charge in [0.2, 0.25) is 5.56 Å². The average molecular weight is 410 g/mol. The molecule has 1 amide bonds. The van der Waals surface area contributed by atoms with Crippen LogP contribution in [0, 0.1) is 0 Å². The summed E-state index contributed by atoms with van der Waals surface area (Å²) in [4.78, 5) is 32.0. The normalized spacial score (nSPS) is 11.0. The van der Waals surface area contributed by atoms with E-state index >= 15 is 0 Å². The molecule has 0 fully saturated rings. The molecule has 0 spiro atoms. The highest BCUT2D eigenvalue weighted by Crippen LogP contribution is 2.21. The number of anilines is 1. The van der Waals surface area contributed by atoms with E-state index in [2.05, 4.69) is 15.3 Å². The molecule has 0 aliphatic carbocycles. The number of aromatic nitrogens is 3. The van der Waals surface area contributed by atoms with Crippen LogP contribution in [0.5, 0.6) is 5.75 Å². The summed E-state index contributed by atoms with van der Waals surface area (Å²) in [6.07, 6.45) is 3.85. The maximum atomic E-state index is 12.9. The molecule has 5 rings (SSSR count). The molecule has 0 aliphatic heterocycles. The third-order valence-electron chi connectivity index (χ3n) is 4.89. The van der Waals surface area contributed by atoms with E-state index in [9.17, 15) is 9.59 Å². The molecule has 5 aromatic rings. The first-order valence-corrected chi connectivity index (χ1v) is 9.75. The number of H-pyrrole nitrogens is 1. The lowest BCUT2D eigenvalue weighted by atomic mass is 10.1. The smallest absolute Gasteiger partial charge is 0.256 e. The van der Waals surface area contributed by atoms with Crippen molar-refractivity contribution >= 4 is 28.1 Å². The Labute approximate surface area is 177 Å². The van der Waals surface area contributed by atoms with E-state index in [0.29, 0.717) is 34.5 Å². The minimum atomic E-state index is -0.361. The molecule has 7 heteroatoms. The van der Waals surface area contributed by atoms with Crippen molar-refractivity contribution in [2.24, 2.45) is 0 Å². The first-order valence-electron chi connectivity index (χ1n) is 9.75. The van der Waals surface area contributed by atoms with Crippen LogP contribution in [-0.2, 0) is 6.61 Å². The average Bonchev–Trinajstić information content (AvgIpc) is 3.20. The van der Waals surface area contributed by atoms with Gasteiger partial charge in [-0.15, -0.1) is 0 Å². The largest absolute Gasteiger partial charge is 0.487 e. The third kappa shape index (κ3) is 3.89. The number of fused-ring (bicyclic) bond motifs is 2. The summed E-state index contributed by atoms with van der Waals surface area (Å²) in [5.74, 6) is 0.241. The van der Waals surface area contributed by atoms with Crippen LogP contribution in [0.1, 0.15) is 16.1 Å². The summed E-state index contributed by atoms with van der Waals surface area (Å²) in [5, 5.41) is 3.53. The van der Waals surface area contributed by atoms with Gasteiger partial charge in [0.1, 0.15) is 18.0 Å². The maximum absolute atomic E-state index is 12.9. The Morgan fingerprint density at radius 1 is 1.03 bits per heavy atom. The molecule has 31 heavy (non-hydrogen) atoms. The van der Waals surface area contributed by atoms with Gasteiger partial charge in [-0.25, -0.2) is 4.98 Å². The topological polar surface area (TPSA) is 88.5 Å².